The van der Waals surface area contributed by atoms with E-state index in [2.05, 4.69) is 11.0 Å². The monoisotopic (exact) mass is 161 g/mol. The molecule has 3 nitrogen and oxygen atoms in total. The predicted octanol–water partition coefficient (Wildman–Crippen LogP) is 1.30. The normalized spacial score (nSPS) is 8.00. The van der Waals surface area contributed by atoms with Gasteiger partial charge in [0.25, 0.3) is 0 Å². The van der Waals surface area contributed by atoms with Gasteiger partial charge in [0.15, 0.2) is 5.94 Å². The Balaban J connectivity index is 2.71. The largest absolute Gasteiger partial charge is 0.508 e. The zero-order chi connectivity index (χ0) is 8.81. The zero-order valence-corrected chi connectivity index (χ0v) is 6.24. The summed E-state index contributed by atoms with van der Waals surface area (Å²) >= 11 is 0. The second-order valence-electron chi connectivity index (χ2n) is 2.08. The van der Waals surface area contributed by atoms with Crippen molar-refractivity contribution in [3.63, 3.8) is 0 Å². The molecule has 0 aliphatic heterocycles. The quantitative estimate of drug-likeness (QED) is 0.390. The Labute approximate surface area is 69.7 Å². The number of hydrogen-bond donors (Lipinski definition) is 2. The highest BCUT2D eigenvalue weighted by atomic mass is 16.3. The topological polar surface area (TPSA) is 49.3 Å². The lowest BCUT2D eigenvalue weighted by molar-refractivity contribution is 0.475. The molecule has 0 aliphatic carbocycles. The summed E-state index contributed by atoms with van der Waals surface area (Å²) < 4.78 is 0. The number of nitrogens with one attached hydrogen (secondary N) is 1. The third kappa shape index (κ3) is 2.35. The number of aromatic hydroxyl groups is 1. The molecule has 0 spiro atoms. The van der Waals surface area contributed by atoms with Gasteiger partial charge in [0.2, 0.25) is 0 Å². The highest BCUT2D eigenvalue weighted by Gasteiger charge is 1.87. The number of benzene rings is 1. The van der Waals surface area contributed by atoms with Crippen LogP contribution in [0.5, 0.6) is 5.75 Å². The van der Waals surface area contributed by atoms with Crippen molar-refractivity contribution in [1.82, 2.24) is 0 Å². The Morgan fingerprint density at radius 2 is 2.00 bits per heavy atom. The molecule has 1 rings (SSSR count). The number of carbonyl (C=O) groups excluding carboxylic acids is 1. The van der Waals surface area contributed by atoms with Crippen LogP contribution in [-0.2, 0) is 4.79 Å². The first-order valence-corrected chi connectivity index (χ1v) is 3.33. The lowest BCUT2D eigenvalue weighted by Crippen LogP contribution is -1.84. The van der Waals surface area contributed by atoms with E-state index in [4.69, 9.17) is 5.11 Å². The van der Waals surface area contributed by atoms with E-state index in [1.165, 1.54) is 12.1 Å². The molecule has 0 bridgehead atoms. The van der Waals surface area contributed by atoms with Crippen molar-refractivity contribution in [2.24, 2.45) is 0 Å². The molecular formula is C9H7NO2. The molecular weight excluding hydrogens is 154 g/mol. The molecule has 0 amide bonds. The first-order chi connectivity index (χ1) is 5.83. The lowest BCUT2D eigenvalue weighted by Gasteiger charge is -1.97. The van der Waals surface area contributed by atoms with Gasteiger partial charge in [-0.25, -0.2) is 4.79 Å². The standard InChI is InChI=1S/C9H7NO2/c11-7-1-6-10-8-2-4-9(12)5-3-8/h2-6,10,12H. The third-order valence-electron chi connectivity index (χ3n) is 1.24. The van der Waals surface area contributed by atoms with Crippen LogP contribution in [0.3, 0.4) is 0 Å². The van der Waals surface area contributed by atoms with Crippen LogP contribution < -0.4 is 5.32 Å². The molecule has 2 N–H and O–H groups in total. The number of hydrogen-bond acceptors (Lipinski definition) is 3. The van der Waals surface area contributed by atoms with Crippen LogP contribution >= 0.6 is 0 Å². The maximum atomic E-state index is 9.70. The van der Waals surface area contributed by atoms with Crippen LogP contribution in [0.2, 0.25) is 0 Å². The molecule has 0 unspecified atom stereocenters. The van der Waals surface area contributed by atoms with Crippen LogP contribution in [0.25, 0.3) is 0 Å². The molecule has 0 saturated carbocycles. The lowest BCUT2D eigenvalue weighted by atomic mass is 10.3. The second-order valence-corrected chi connectivity index (χ2v) is 2.08. The number of rotatable bonds is 2. The Morgan fingerprint density at radius 3 is 2.58 bits per heavy atom. The molecule has 0 aliphatic rings. The number of anilines is 1. The van der Waals surface area contributed by atoms with Crippen molar-refractivity contribution in [2.75, 3.05) is 5.32 Å². The van der Waals surface area contributed by atoms with Crippen molar-refractivity contribution in [1.29, 1.82) is 0 Å². The maximum Gasteiger partial charge on any atom is 0.178 e. The summed E-state index contributed by atoms with van der Waals surface area (Å²) in [6, 6.07) is 6.44. The Bertz CT molecular complexity index is 330. The summed E-state index contributed by atoms with van der Waals surface area (Å²) in [4.78, 5) is 9.70. The number of phenolic OH excluding ortho intramolecular Hbond substituents is 1. The fraction of sp³-hybridized carbons (Fsp3) is 0. The van der Waals surface area contributed by atoms with Crippen LogP contribution in [0.1, 0.15) is 0 Å². The summed E-state index contributed by atoms with van der Waals surface area (Å²) in [6.07, 6.45) is 1.35. The second kappa shape index (κ2) is 4.04. The van der Waals surface area contributed by atoms with E-state index in [-0.39, 0.29) is 5.75 Å². The van der Waals surface area contributed by atoms with Gasteiger partial charge in [-0.1, -0.05) is 0 Å². The maximum absolute atomic E-state index is 9.70. The van der Waals surface area contributed by atoms with Gasteiger partial charge < -0.3 is 10.4 Å². The third-order valence-corrected chi connectivity index (χ3v) is 1.24. The summed E-state index contributed by atoms with van der Waals surface area (Å²) in [6.45, 7) is 0. The summed E-state index contributed by atoms with van der Waals surface area (Å²) in [5.74, 6) is 1.69. The molecule has 0 fully saturated rings. The molecule has 0 heterocycles. The minimum absolute atomic E-state index is 0.204. The molecule has 1 aromatic carbocycles. The van der Waals surface area contributed by atoms with Gasteiger partial charge >= 0.3 is 0 Å². The molecule has 3 heteroatoms. The summed E-state index contributed by atoms with van der Waals surface area (Å²) in [7, 11) is 0. The van der Waals surface area contributed by atoms with Gasteiger partial charge in [0.05, 0.1) is 6.20 Å². The van der Waals surface area contributed by atoms with Crippen LogP contribution in [0.15, 0.2) is 36.2 Å². The molecule has 0 radical (unpaired) electrons. The average Bonchev–Trinajstić information content (AvgIpc) is 2.09. The van der Waals surface area contributed by atoms with E-state index in [0.29, 0.717) is 0 Å². The fourth-order valence-electron chi connectivity index (χ4n) is 0.707. The van der Waals surface area contributed by atoms with Crippen molar-refractivity contribution in [3.05, 3.63) is 36.2 Å². The van der Waals surface area contributed by atoms with E-state index in [1.54, 1.807) is 24.3 Å². The molecule has 12 heavy (non-hydrogen) atoms. The van der Waals surface area contributed by atoms with Gasteiger partial charge in [-0.05, 0) is 30.0 Å². The van der Waals surface area contributed by atoms with Crippen molar-refractivity contribution in [3.8, 4) is 5.75 Å². The van der Waals surface area contributed by atoms with E-state index in [0.717, 1.165) is 5.69 Å². The Hall–Kier alpha value is -1.95. The zero-order valence-electron chi connectivity index (χ0n) is 6.24. The molecule has 60 valence electrons. The van der Waals surface area contributed by atoms with Crippen LogP contribution in [-0.4, -0.2) is 11.0 Å². The van der Waals surface area contributed by atoms with Gasteiger partial charge in [0, 0.05) is 5.69 Å². The summed E-state index contributed by atoms with van der Waals surface area (Å²) in [5, 5.41) is 11.7. The summed E-state index contributed by atoms with van der Waals surface area (Å²) in [5.41, 5.74) is 2.98. The Morgan fingerprint density at radius 1 is 1.33 bits per heavy atom. The fourth-order valence-corrected chi connectivity index (χ4v) is 0.707. The van der Waals surface area contributed by atoms with Crippen molar-refractivity contribution < 1.29 is 9.90 Å². The van der Waals surface area contributed by atoms with Crippen molar-refractivity contribution >= 4 is 11.6 Å². The molecule has 1 aromatic rings. The highest BCUT2D eigenvalue weighted by Crippen LogP contribution is 2.13. The smallest absolute Gasteiger partial charge is 0.178 e. The predicted molar refractivity (Wildman–Crippen MR) is 45.5 cm³/mol. The van der Waals surface area contributed by atoms with E-state index < -0.39 is 0 Å². The first-order valence-electron chi connectivity index (χ1n) is 3.33. The van der Waals surface area contributed by atoms with E-state index in [1.807, 2.05) is 0 Å². The van der Waals surface area contributed by atoms with E-state index in [9.17, 15) is 4.79 Å². The molecule has 0 saturated heterocycles. The van der Waals surface area contributed by atoms with Gasteiger partial charge in [-0.2, -0.15) is 0 Å². The van der Waals surface area contributed by atoms with E-state index >= 15 is 0 Å². The minimum atomic E-state index is 0.204. The van der Waals surface area contributed by atoms with Crippen LogP contribution in [0.4, 0.5) is 5.69 Å². The minimum Gasteiger partial charge on any atom is -0.508 e. The molecule has 0 atom stereocenters. The SMILES string of the molecule is O=C=C=CNc1ccc(O)cc1. The van der Waals surface area contributed by atoms with Gasteiger partial charge in [0.1, 0.15) is 5.75 Å². The Kier molecular flexibility index (Phi) is 2.74. The van der Waals surface area contributed by atoms with Gasteiger partial charge in [-0.15, -0.1) is 0 Å². The highest BCUT2D eigenvalue weighted by molar-refractivity contribution is 5.50. The van der Waals surface area contributed by atoms with Crippen LogP contribution in [0, 0.1) is 0 Å². The van der Waals surface area contributed by atoms with Gasteiger partial charge in [-0.3, -0.25) is 0 Å². The molecule has 0 aromatic heterocycles. The van der Waals surface area contributed by atoms with Crippen molar-refractivity contribution in [2.45, 2.75) is 0 Å². The number of phenols is 1. The first kappa shape index (κ1) is 8.15. The average molecular weight is 161 g/mol.